The van der Waals surface area contributed by atoms with Crippen molar-refractivity contribution in [3.63, 3.8) is 0 Å². The monoisotopic (exact) mass is 327 g/mol. The molecule has 3 rings (SSSR count). The van der Waals surface area contributed by atoms with E-state index in [9.17, 15) is 19.8 Å². The van der Waals surface area contributed by atoms with E-state index in [-0.39, 0.29) is 39.5 Å². The molecule has 2 aromatic rings. The van der Waals surface area contributed by atoms with Crippen molar-refractivity contribution < 1.29 is 24.5 Å². The number of ether oxygens (including phenoxy) is 1. The van der Waals surface area contributed by atoms with Crippen LogP contribution in [-0.2, 0) is 6.54 Å². The van der Waals surface area contributed by atoms with Crippen LogP contribution in [0.25, 0.3) is 0 Å². The Morgan fingerprint density at radius 3 is 2.21 bits per heavy atom. The van der Waals surface area contributed by atoms with Gasteiger partial charge < -0.3 is 20.3 Å². The van der Waals surface area contributed by atoms with Crippen LogP contribution in [0, 0.1) is 0 Å². The van der Waals surface area contributed by atoms with Gasteiger partial charge in [0, 0.05) is 23.7 Å². The molecule has 0 bridgehead atoms. The number of hydrogen-bond donors (Lipinski definition) is 3. The maximum atomic E-state index is 12.8. The molecule has 0 atom stereocenters. The lowest BCUT2D eigenvalue weighted by Gasteiger charge is -2.21. The van der Waals surface area contributed by atoms with E-state index in [1.54, 1.807) is 6.07 Å². The minimum atomic E-state index is -0.577. The predicted molar refractivity (Wildman–Crippen MR) is 87.0 cm³/mol. The van der Waals surface area contributed by atoms with Crippen molar-refractivity contribution in [2.24, 2.45) is 0 Å². The summed E-state index contributed by atoms with van der Waals surface area (Å²) in [5, 5.41) is 23.4. The molecular formula is C18H17NO5. The Bertz CT molecular complexity index is 857. The number of hydrogen-bond acceptors (Lipinski definition) is 6. The Balaban J connectivity index is 2.20. The fourth-order valence-corrected chi connectivity index (χ4v) is 2.88. The molecule has 6 nitrogen and oxygen atoms in total. The highest BCUT2D eigenvalue weighted by atomic mass is 16.5. The van der Waals surface area contributed by atoms with Crippen molar-refractivity contribution in [3.8, 4) is 17.2 Å². The Morgan fingerprint density at radius 2 is 1.58 bits per heavy atom. The number of phenolic OH excluding ortho intramolecular Hbond substituents is 2. The van der Waals surface area contributed by atoms with Crippen LogP contribution in [0.3, 0.4) is 0 Å². The number of carbonyl (C=O) groups excluding carboxylic acids is 2. The summed E-state index contributed by atoms with van der Waals surface area (Å²) in [6.07, 6.45) is 0. The van der Waals surface area contributed by atoms with Gasteiger partial charge in [-0.05, 0) is 30.3 Å². The van der Waals surface area contributed by atoms with Crippen LogP contribution in [-0.4, -0.2) is 35.4 Å². The van der Waals surface area contributed by atoms with E-state index in [0.717, 1.165) is 6.54 Å². The van der Waals surface area contributed by atoms with Crippen molar-refractivity contribution in [2.75, 3.05) is 13.7 Å². The Morgan fingerprint density at radius 1 is 0.958 bits per heavy atom. The Labute approximate surface area is 138 Å². The van der Waals surface area contributed by atoms with Crippen molar-refractivity contribution >= 4 is 11.6 Å². The molecule has 0 amide bonds. The third-order valence-corrected chi connectivity index (χ3v) is 4.03. The van der Waals surface area contributed by atoms with Crippen LogP contribution in [0.15, 0.2) is 24.3 Å². The zero-order valence-electron chi connectivity index (χ0n) is 13.3. The molecule has 0 aromatic heterocycles. The van der Waals surface area contributed by atoms with Gasteiger partial charge in [-0.15, -0.1) is 0 Å². The van der Waals surface area contributed by atoms with Gasteiger partial charge in [-0.3, -0.25) is 9.59 Å². The summed E-state index contributed by atoms with van der Waals surface area (Å²) in [7, 11) is 1.41. The second-order valence-electron chi connectivity index (χ2n) is 5.55. The van der Waals surface area contributed by atoms with E-state index in [1.165, 1.54) is 25.3 Å². The summed E-state index contributed by atoms with van der Waals surface area (Å²) in [4.78, 5) is 25.5. The fourth-order valence-electron chi connectivity index (χ4n) is 2.88. The maximum absolute atomic E-state index is 12.8. The first-order valence-electron chi connectivity index (χ1n) is 7.55. The first-order chi connectivity index (χ1) is 11.5. The topological polar surface area (TPSA) is 95.9 Å². The summed E-state index contributed by atoms with van der Waals surface area (Å²) in [6, 6.07) is 5.74. The van der Waals surface area contributed by atoms with Gasteiger partial charge in [0.2, 0.25) is 5.78 Å². The fraction of sp³-hybridized carbons (Fsp3) is 0.222. The second kappa shape index (κ2) is 5.98. The lowest BCUT2D eigenvalue weighted by molar-refractivity contribution is 0.0974. The summed E-state index contributed by atoms with van der Waals surface area (Å²) < 4.78 is 5.05. The number of fused-ring (bicyclic) bond motifs is 2. The van der Waals surface area contributed by atoms with Crippen molar-refractivity contribution in [1.82, 2.24) is 5.32 Å². The summed E-state index contributed by atoms with van der Waals surface area (Å²) >= 11 is 0. The van der Waals surface area contributed by atoms with E-state index < -0.39 is 11.6 Å². The number of ketones is 2. The van der Waals surface area contributed by atoms with Crippen LogP contribution in [0.4, 0.5) is 0 Å². The number of methoxy groups -OCH3 is 1. The van der Waals surface area contributed by atoms with E-state index in [1.807, 2.05) is 6.92 Å². The summed E-state index contributed by atoms with van der Waals surface area (Å²) in [5.41, 5.74) is 0.721. The zero-order valence-corrected chi connectivity index (χ0v) is 13.3. The highest BCUT2D eigenvalue weighted by molar-refractivity contribution is 6.30. The van der Waals surface area contributed by atoms with Gasteiger partial charge in [-0.25, -0.2) is 0 Å². The summed E-state index contributed by atoms with van der Waals surface area (Å²) in [6.45, 7) is 3.14. The van der Waals surface area contributed by atoms with Gasteiger partial charge in [-0.1, -0.05) is 6.92 Å². The number of nitrogens with one attached hydrogen (secondary N) is 1. The molecule has 0 unspecified atom stereocenters. The lowest BCUT2D eigenvalue weighted by Crippen LogP contribution is -2.22. The van der Waals surface area contributed by atoms with Crippen molar-refractivity contribution in [1.29, 1.82) is 0 Å². The minimum Gasteiger partial charge on any atom is -0.507 e. The smallest absolute Gasteiger partial charge is 0.201 e. The molecule has 0 saturated carbocycles. The zero-order chi connectivity index (χ0) is 17.4. The Kier molecular flexibility index (Phi) is 3.99. The average molecular weight is 327 g/mol. The standard InChI is InChI=1S/C18H17NO5/c1-3-19-8-9-4-11-15(13(20)5-9)18(23)16-12(17(11)22)6-10(24-2)7-14(16)21/h4-7,19-21H,3,8H2,1-2H3. The molecule has 0 fully saturated rings. The summed E-state index contributed by atoms with van der Waals surface area (Å²) in [5.74, 6) is -1.33. The third kappa shape index (κ3) is 2.41. The van der Waals surface area contributed by atoms with Gasteiger partial charge in [0.25, 0.3) is 0 Å². The number of phenols is 2. The molecule has 0 saturated heterocycles. The minimum absolute atomic E-state index is 0.0735. The molecule has 6 heteroatoms. The lowest BCUT2D eigenvalue weighted by atomic mass is 9.82. The first-order valence-corrected chi connectivity index (χ1v) is 7.55. The second-order valence-corrected chi connectivity index (χ2v) is 5.55. The normalized spacial score (nSPS) is 12.8. The first kappa shape index (κ1) is 16.0. The van der Waals surface area contributed by atoms with Crippen LogP contribution in [0.2, 0.25) is 0 Å². The predicted octanol–water partition coefficient (Wildman–Crippen LogP) is 1.99. The molecular weight excluding hydrogens is 310 g/mol. The van der Waals surface area contributed by atoms with Crippen LogP contribution in [0.1, 0.15) is 44.3 Å². The third-order valence-electron chi connectivity index (χ3n) is 4.03. The van der Waals surface area contributed by atoms with E-state index >= 15 is 0 Å². The van der Waals surface area contributed by atoms with Crippen LogP contribution < -0.4 is 10.1 Å². The molecule has 0 heterocycles. The number of rotatable bonds is 4. The highest BCUT2D eigenvalue weighted by Gasteiger charge is 2.35. The molecule has 0 spiro atoms. The molecule has 124 valence electrons. The molecule has 3 N–H and O–H groups in total. The number of carbonyl (C=O) groups is 2. The van der Waals surface area contributed by atoms with Gasteiger partial charge in [0.15, 0.2) is 5.78 Å². The van der Waals surface area contributed by atoms with Crippen molar-refractivity contribution in [3.05, 3.63) is 52.1 Å². The number of benzene rings is 2. The molecule has 1 aliphatic rings. The highest BCUT2D eigenvalue weighted by Crippen LogP contribution is 2.39. The quantitative estimate of drug-likeness (QED) is 0.678. The van der Waals surface area contributed by atoms with Gasteiger partial charge in [0.1, 0.15) is 17.2 Å². The van der Waals surface area contributed by atoms with Crippen LogP contribution in [0.5, 0.6) is 17.2 Å². The maximum Gasteiger partial charge on any atom is 0.201 e. The van der Waals surface area contributed by atoms with Crippen molar-refractivity contribution in [2.45, 2.75) is 13.5 Å². The molecule has 2 aromatic carbocycles. The molecule has 0 aliphatic heterocycles. The largest absolute Gasteiger partial charge is 0.507 e. The van der Waals surface area contributed by atoms with E-state index in [4.69, 9.17) is 4.74 Å². The molecule has 1 aliphatic carbocycles. The Hall–Kier alpha value is -2.86. The van der Waals surface area contributed by atoms with Gasteiger partial charge in [0.05, 0.1) is 18.2 Å². The molecule has 0 radical (unpaired) electrons. The average Bonchev–Trinajstić information content (AvgIpc) is 2.56. The number of aromatic hydroxyl groups is 2. The van der Waals surface area contributed by atoms with Gasteiger partial charge >= 0.3 is 0 Å². The van der Waals surface area contributed by atoms with E-state index in [2.05, 4.69) is 5.32 Å². The van der Waals surface area contributed by atoms with Gasteiger partial charge in [-0.2, -0.15) is 0 Å². The van der Waals surface area contributed by atoms with Crippen LogP contribution >= 0.6 is 0 Å². The van der Waals surface area contributed by atoms with E-state index in [0.29, 0.717) is 12.1 Å². The molecule has 24 heavy (non-hydrogen) atoms. The SMILES string of the molecule is CCNCc1cc(O)c2c(c1)C(=O)c1cc(OC)cc(O)c1C2=O.